The van der Waals surface area contributed by atoms with Crippen molar-refractivity contribution in [2.45, 2.75) is 6.92 Å². The van der Waals surface area contributed by atoms with E-state index in [0.717, 1.165) is 3.77 Å². The standard InChI is InChI=1S/C6H7IO3P/c1-2-11(8)10-6-4-3-5(7)9-6/h3-4H,2H2,1H3/q+1. The van der Waals surface area contributed by atoms with E-state index in [1.165, 1.54) is 0 Å². The van der Waals surface area contributed by atoms with Gasteiger partial charge in [0.2, 0.25) is 0 Å². The van der Waals surface area contributed by atoms with E-state index in [9.17, 15) is 4.57 Å². The lowest BCUT2D eigenvalue weighted by molar-refractivity contribution is 0.381. The van der Waals surface area contributed by atoms with Crippen LogP contribution < -0.4 is 4.52 Å². The summed E-state index contributed by atoms with van der Waals surface area (Å²) < 4.78 is 21.5. The maximum absolute atomic E-state index is 10.9. The molecule has 0 saturated carbocycles. The predicted octanol–water partition coefficient (Wildman–Crippen LogP) is 3.03. The summed E-state index contributed by atoms with van der Waals surface area (Å²) in [5.74, 6) is 0.331. The van der Waals surface area contributed by atoms with Crippen molar-refractivity contribution in [2.24, 2.45) is 0 Å². The Hall–Kier alpha value is -0.0900. The first kappa shape index (κ1) is 9.00. The minimum absolute atomic E-state index is 0.331. The van der Waals surface area contributed by atoms with Gasteiger partial charge in [-0.1, -0.05) is 0 Å². The second kappa shape index (κ2) is 4.07. The van der Waals surface area contributed by atoms with E-state index in [1.807, 2.05) is 22.6 Å². The third kappa shape index (κ3) is 2.79. The Kier molecular flexibility index (Phi) is 3.33. The van der Waals surface area contributed by atoms with Crippen molar-refractivity contribution >= 4 is 30.6 Å². The molecular weight excluding hydrogens is 278 g/mol. The molecule has 11 heavy (non-hydrogen) atoms. The first-order valence-corrected chi connectivity index (χ1v) is 5.54. The van der Waals surface area contributed by atoms with Crippen LogP contribution in [-0.2, 0) is 4.57 Å². The fourth-order valence-corrected chi connectivity index (χ4v) is 1.34. The van der Waals surface area contributed by atoms with Gasteiger partial charge in [0.15, 0.2) is 9.93 Å². The van der Waals surface area contributed by atoms with Gasteiger partial charge in [0.1, 0.15) is 0 Å². The molecule has 0 aliphatic rings. The average Bonchev–Trinajstić information content (AvgIpc) is 2.35. The van der Waals surface area contributed by atoms with E-state index in [2.05, 4.69) is 0 Å². The molecule has 1 rings (SSSR count). The first-order valence-electron chi connectivity index (χ1n) is 3.10. The van der Waals surface area contributed by atoms with Crippen LogP contribution in [0.5, 0.6) is 5.95 Å². The van der Waals surface area contributed by atoms with Gasteiger partial charge < -0.3 is 4.42 Å². The van der Waals surface area contributed by atoms with E-state index in [-0.39, 0.29) is 0 Å². The Morgan fingerprint density at radius 2 is 2.45 bits per heavy atom. The molecule has 5 heteroatoms. The highest BCUT2D eigenvalue weighted by Gasteiger charge is 2.17. The van der Waals surface area contributed by atoms with Gasteiger partial charge in [-0.05, 0) is 40.1 Å². The summed E-state index contributed by atoms with van der Waals surface area (Å²) in [7, 11) is -1.59. The molecule has 0 saturated heterocycles. The minimum Gasteiger partial charge on any atom is -0.416 e. The van der Waals surface area contributed by atoms with Gasteiger partial charge in [-0.2, -0.15) is 0 Å². The van der Waals surface area contributed by atoms with E-state index in [4.69, 9.17) is 8.94 Å². The molecule has 1 aromatic rings. The van der Waals surface area contributed by atoms with Crippen LogP contribution in [0.2, 0.25) is 0 Å². The zero-order chi connectivity index (χ0) is 8.27. The highest BCUT2D eigenvalue weighted by atomic mass is 127. The molecular formula is C6H7IO3P+. The molecule has 1 unspecified atom stereocenters. The van der Waals surface area contributed by atoms with Crippen molar-refractivity contribution in [1.82, 2.24) is 0 Å². The van der Waals surface area contributed by atoms with Gasteiger partial charge in [0.25, 0.3) is 0 Å². The maximum Gasteiger partial charge on any atom is 0.558 e. The smallest absolute Gasteiger partial charge is 0.416 e. The molecule has 1 aromatic heterocycles. The van der Waals surface area contributed by atoms with Crippen molar-refractivity contribution < 1.29 is 13.5 Å². The van der Waals surface area contributed by atoms with Gasteiger partial charge >= 0.3 is 14.0 Å². The molecule has 0 radical (unpaired) electrons. The van der Waals surface area contributed by atoms with Crippen LogP contribution in [0, 0.1) is 3.77 Å². The van der Waals surface area contributed by atoms with Crippen molar-refractivity contribution in [1.29, 1.82) is 0 Å². The fraction of sp³-hybridized carbons (Fsp3) is 0.333. The molecule has 0 spiro atoms. The van der Waals surface area contributed by atoms with Crippen molar-refractivity contribution in [3.8, 4) is 5.95 Å². The molecule has 0 amide bonds. The quantitative estimate of drug-likeness (QED) is 0.633. The Balaban J connectivity index is 2.57. The van der Waals surface area contributed by atoms with Gasteiger partial charge in [-0.15, -0.1) is 0 Å². The lowest BCUT2D eigenvalue weighted by Crippen LogP contribution is -1.78. The average molecular weight is 285 g/mol. The molecule has 60 valence electrons. The molecule has 0 aliphatic heterocycles. The zero-order valence-electron chi connectivity index (χ0n) is 5.91. The summed E-state index contributed by atoms with van der Waals surface area (Å²) in [6.07, 6.45) is 0.507. The van der Waals surface area contributed by atoms with Crippen molar-refractivity contribution in [2.75, 3.05) is 6.16 Å². The SMILES string of the molecule is CC[P+](=O)Oc1ccc(I)o1. The third-order valence-corrected chi connectivity index (χ3v) is 2.48. The predicted molar refractivity (Wildman–Crippen MR) is 50.2 cm³/mol. The number of rotatable bonds is 3. The molecule has 0 bridgehead atoms. The molecule has 0 aromatic carbocycles. The largest absolute Gasteiger partial charge is 0.558 e. The normalized spacial score (nSPS) is 11.3. The van der Waals surface area contributed by atoms with E-state index in [0.29, 0.717) is 12.1 Å². The third-order valence-electron chi connectivity index (χ3n) is 0.999. The minimum atomic E-state index is -1.59. The lowest BCUT2D eigenvalue weighted by atomic mass is 10.7. The van der Waals surface area contributed by atoms with Gasteiger partial charge in [0, 0.05) is 6.07 Å². The first-order chi connectivity index (χ1) is 5.22. The zero-order valence-corrected chi connectivity index (χ0v) is 8.96. The molecule has 1 atom stereocenters. The number of hydrogen-bond donors (Lipinski definition) is 0. The fourth-order valence-electron chi connectivity index (χ4n) is 0.512. The van der Waals surface area contributed by atoms with Gasteiger partial charge in [-0.3, -0.25) is 0 Å². The summed E-state index contributed by atoms with van der Waals surface area (Å²) in [6, 6.07) is 3.42. The summed E-state index contributed by atoms with van der Waals surface area (Å²) >= 11 is 2.02. The maximum atomic E-state index is 10.9. The Labute approximate surface area is 79.1 Å². The second-order valence-electron chi connectivity index (χ2n) is 1.80. The lowest BCUT2D eigenvalue weighted by Gasteiger charge is -1.82. The Morgan fingerprint density at radius 1 is 1.73 bits per heavy atom. The number of hydrogen-bond acceptors (Lipinski definition) is 3. The van der Waals surface area contributed by atoms with Crippen LogP contribution in [-0.4, -0.2) is 6.16 Å². The molecule has 0 fully saturated rings. The molecule has 1 heterocycles. The van der Waals surface area contributed by atoms with E-state index in [1.54, 1.807) is 19.1 Å². The van der Waals surface area contributed by atoms with E-state index < -0.39 is 8.03 Å². The molecule has 0 aliphatic carbocycles. The monoisotopic (exact) mass is 285 g/mol. The van der Waals surface area contributed by atoms with Crippen LogP contribution in [0.25, 0.3) is 0 Å². The van der Waals surface area contributed by atoms with E-state index >= 15 is 0 Å². The van der Waals surface area contributed by atoms with Crippen LogP contribution in [0.4, 0.5) is 0 Å². The topological polar surface area (TPSA) is 39.4 Å². The van der Waals surface area contributed by atoms with Crippen molar-refractivity contribution in [3.05, 3.63) is 15.9 Å². The van der Waals surface area contributed by atoms with Crippen LogP contribution in [0.1, 0.15) is 6.92 Å². The summed E-state index contributed by atoms with van der Waals surface area (Å²) in [4.78, 5) is 0. The van der Waals surface area contributed by atoms with Crippen LogP contribution >= 0.6 is 30.6 Å². The number of furan rings is 1. The molecule has 3 nitrogen and oxygen atoms in total. The highest BCUT2D eigenvalue weighted by Crippen LogP contribution is 2.28. The van der Waals surface area contributed by atoms with Crippen LogP contribution in [0.15, 0.2) is 16.5 Å². The van der Waals surface area contributed by atoms with Gasteiger partial charge in [0.05, 0.1) is 0 Å². The summed E-state index contributed by atoms with van der Waals surface area (Å²) in [5, 5.41) is 0. The summed E-state index contributed by atoms with van der Waals surface area (Å²) in [5.41, 5.74) is 0. The second-order valence-corrected chi connectivity index (χ2v) is 4.34. The Morgan fingerprint density at radius 3 is 2.91 bits per heavy atom. The number of halogens is 1. The Bertz CT molecular complexity index is 258. The molecule has 0 N–H and O–H groups in total. The van der Waals surface area contributed by atoms with Crippen molar-refractivity contribution in [3.63, 3.8) is 0 Å². The highest BCUT2D eigenvalue weighted by molar-refractivity contribution is 14.1. The summed E-state index contributed by atoms with van der Waals surface area (Å²) in [6.45, 7) is 1.80. The van der Waals surface area contributed by atoms with Crippen LogP contribution in [0.3, 0.4) is 0 Å². The van der Waals surface area contributed by atoms with Gasteiger partial charge in [-0.25, -0.2) is 4.52 Å².